The summed E-state index contributed by atoms with van der Waals surface area (Å²) in [5.41, 5.74) is 1.51. The Kier molecular flexibility index (Phi) is 5.32. The van der Waals surface area contributed by atoms with Gasteiger partial charge >= 0.3 is 0 Å². The standard InChI is InChI=1S/C17H21N3O/c1-3-12-18-16-15(11-8-13-19-16)17(21)20(4-2)14-9-6-5-7-10-14/h5-11,13H,3-4,12H2,1-2H3,(H,18,19). The van der Waals surface area contributed by atoms with Crippen molar-refractivity contribution in [1.29, 1.82) is 0 Å². The van der Waals surface area contributed by atoms with E-state index in [0.29, 0.717) is 17.9 Å². The first-order valence-electron chi connectivity index (χ1n) is 7.33. The summed E-state index contributed by atoms with van der Waals surface area (Å²) in [6.07, 6.45) is 2.69. The topological polar surface area (TPSA) is 45.2 Å². The normalized spacial score (nSPS) is 10.2. The third-order valence-electron chi connectivity index (χ3n) is 3.21. The van der Waals surface area contributed by atoms with Gasteiger partial charge < -0.3 is 10.2 Å². The van der Waals surface area contributed by atoms with Gasteiger partial charge in [-0.3, -0.25) is 4.79 Å². The highest BCUT2D eigenvalue weighted by atomic mass is 16.2. The summed E-state index contributed by atoms with van der Waals surface area (Å²) in [7, 11) is 0. The van der Waals surface area contributed by atoms with E-state index in [4.69, 9.17) is 0 Å². The van der Waals surface area contributed by atoms with E-state index in [1.807, 2.05) is 43.3 Å². The number of carbonyl (C=O) groups excluding carboxylic acids is 1. The lowest BCUT2D eigenvalue weighted by atomic mass is 10.2. The van der Waals surface area contributed by atoms with E-state index < -0.39 is 0 Å². The minimum Gasteiger partial charge on any atom is -0.369 e. The van der Waals surface area contributed by atoms with Gasteiger partial charge in [0.1, 0.15) is 5.82 Å². The number of aromatic nitrogens is 1. The average Bonchev–Trinajstić information content (AvgIpc) is 2.55. The van der Waals surface area contributed by atoms with Gasteiger partial charge in [-0.1, -0.05) is 25.1 Å². The van der Waals surface area contributed by atoms with Crippen molar-refractivity contribution in [3.05, 3.63) is 54.2 Å². The van der Waals surface area contributed by atoms with Crippen molar-refractivity contribution in [2.45, 2.75) is 20.3 Å². The van der Waals surface area contributed by atoms with E-state index in [0.717, 1.165) is 18.7 Å². The number of hydrogen-bond donors (Lipinski definition) is 1. The number of benzene rings is 1. The summed E-state index contributed by atoms with van der Waals surface area (Å²) in [5, 5.41) is 3.22. The smallest absolute Gasteiger partial charge is 0.262 e. The molecule has 0 atom stereocenters. The minimum atomic E-state index is -0.0320. The molecule has 1 N–H and O–H groups in total. The third-order valence-corrected chi connectivity index (χ3v) is 3.21. The predicted octanol–water partition coefficient (Wildman–Crippen LogP) is 3.57. The van der Waals surface area contributed by atoms with Crippen LogP contribution in [0.25, 0.3) is 0 Å². The highest BCUT2D eigenvalue weighted by Gasteiger charge is 2.19. The molecule has 4 nitrogen and oxygen atoms in total. The van der Waals surface area contributed by atoms with Crippen LogP contribution in [0.5, 0.6) is 0 Å². The molecule has 0 unspecified atom stereocenters. The molecule has 1 amide bonds. The Morgan fingerprint density at radius 2 is 1.90 bits per heavy atom. The van der Waals surface area contributed by atoms with Gasteiger partial charge in [0.25, 0.3) is 5.91 Å². The summed E-state index contributed by atoms with van der Waals surface area (Å²) in [6, 6.07) is 13.3. The molecule has 4 heteroatoms. The van der Waals surface area contributed by atoms with E-state index >= 15 is 0 Å². The van der Waals surface area contributed by atoms with Crippen molar-refractivity contribution in [3.8, 4) is 0 Å². The molecule has 0 saturated carbocycles. The monoisotopic (exact) mass is 283 g/mol. The first-order chi connectivity index (χ1) is 10.3. The van der Waals surface area contributed by atoms with Gasteiger partial charge in [-0.05, 0) is 37.6 Å². The molecule has 110 valence electrons. The van der Waals surface area contributed by atoms with Crippen LogP contribution in [0.15, 0.2) is 48.7 Å². The lowest BCUT2D eigenvalue weighted by Gasteiger charge is -2.22. The van der Waals surface area contributed by atoms with Crippen LogP contribution in [0, 0.1) is 0 Å². The van der Waals surface area contributed by atoms with Gasteiger partial charge in [-0.2, -0.15) is 0 Å². The van der Waals surface area contributed by atoms with Gasteiger partial charge in [0, 0.05) is 25.0 Å². The Morgan fingerprint density at radius 3 is 2.57 bits per heavy atom. The van der Waals surface area contributed by atoms with Crippen LogP contribution in [0.4, 0.5) is 11.5 Å². The number of para-hydroxylation sites is 1. The summed E-state index contributed by atoms with van der Waals surface area (Å²) in [6.45, 7) is 5.47. The van der Waals surface area contributed by atoms with E-state index in [2.05, 4.69) is 17.2 Å². The number of carbonyl (C=O) groups is 1. The molecule has 0 aliphatic rings. The molecule has 1 heterocycles. The third kappa shape index (κ3) is 3.60. The van der Waals surface area contributed by atoms with Crippen molar-refractivity contribution in [1.82, 2.24) is 4.98 Å². The van der Waals surface area contributed by atoms with Crippen LogP contribution in [-0.4, -0.2) is 24.0 Å². The van der Waals surface area contributed by atoms with Crippen LogP contribution in [0.3, 0.4) is 0 Å². The van der Waals surface area contributed by atoms with E-state index in [1.165, 1.54) is 0 Å². The Bertz CT molecular complexity index is 584. The zero-order chi connectivity index (χ0) is 15.1. The number of pyridine rings is 1. The second-order valence-electron chi connectivity index (χ2n) is 4.71. The molecule has 0 spiro atoms. The SMILES string of the molecule is CCCNc1ncccc1C(=O)N(CC)c1ccccc1. The minimum absolute atomic E-state index is 0.0320. The lowest BCUT2D eigenvalue weighted by molar-refractivity contribution is 0.0989. The van der Waals surface area contributed by atoms with Crippen LogP contribution < -0.4 is 10.2 Å². The molecule has 0 fully saturated rings. The van der Waals surface area contributed by atoms with Crippen molar-refractivity contribution in [2.75, 3.05) is 23.3 Å². The van der Waals surface area contributed by atoms with Crippen molar-refractivity contribution in [2.24, 2.45) is 0 Å². The van der Waals surface area contributed by atoms with Crippen LogP contribution in [-0.2, 0) is 0 Å². The van der Waals surface area contributed by atoms with E-state index in [-0.39, 0.29) is 5.91 Å². The van der Waals surface area contributed by atoms with Gasteiger partial charge in [0.15, 0.2) is 0 Å². The Balaban J connectivity index is 2.30. The number of rotatable bonds is 6. The van der Waals surface area contributed by atoms with Crippen LogP contribution in [0.2, 0.25) is 0 Å². The molecule has 2 aromatic rings. The van der Waals surface area contributed by atoms with E-state index in [1.54, 1.807) is 17.2 Å². The lowest BCUT2D eigenvalue weighted by Crippen LogP contribution is -2.31. The highest BCUT2D eigenvalue weighted by Crippen LogP contribution is 2.20. The largest absolute Gasteiger partial charge is 0.369 e. The first-order valence-corrected chi connectivity index (χ1v) is 7.33. The van der Waals surface area contributed by atoms with E-state index in [9.17, 15) is 4.79 Å². The molecule has 0 aliphatic carbocycles. The molecule has 2 rings (SSSR count). The molecule has 0 saturated heterocycles. The Hall–Kier alpha value is -2.36. The maximum Gasteiger partial charge on any atom is 0.262 e. The molecular weight excluding hydrogens is 262 g/mol. The number of anilines is 2. The number of nitrogens with zero attached hydrogens (tertiary/aromatic N) is 2. The van der Waals surface area contributed by atoms with Crippen molar-refractivity contribution < 1.29 is 4.79 Å². The molecule has 1 aromatic heterocycles. The number of hydrogen-bond acceptors (Lipinski definition) is 3. The Morgan fingerprint density at radius 1 is 1.14 bits per heavy atom. The second-order valence-corrected chi connectivity index (χ2v) is 4.71. The van der Waals surface area contributed by atoms with Gasteiger partial charge in [-0.25, -0.2) is 4.98 Å². The molecule has 1 aromatic carbocycles. The quantitative estimate of drug-likeness (QED) is 0.881. The summed E-state index contributed by atoms with van der Waals surface area (Å²) in [4.78, 5) is 18.9. The Labute approximate surface area is 125 Å². The van der Waals surface area contributed by atoms with Gasteiger partial charge in [0.05, 0.1) is 5.56 Å². The number of nitrogens with one attached hydrogen (secondary N) is 1. The zero-order valence-electron chi connectivity index (χ0n) is 12.5. The molecule has 0 radical (unpaired) electrons. The summed E-state index contributed by atoms with van der Waals surface area (Å²) >= 11 is 0. The van der Waals surface area contributed by atoms with Crippen molar-refractivity contribution >= 4 is 17.4 Å². The molecule has 21 heavy (non-hydrogen) atoms. The summed E-state index contributed by atoms with van der Waals surface area (Å²) in [5.74, 6) is 0.620. The average molecular weight is 283 g/mol. The van der Waals surface area contributed by atoms with Crippen LogP contribution in [0.1, 0.15) is 30.6 Å². The number of amides is 1. The summed E-state index contributed by atoms with van der Waals surface area (Å²) < 4.78 is 0. The maximum absolute atomic E-state index is 12.8. The first kappa shape index (κ1) is 15.0. The van der Waals surface area contributed by atoms with Crippen LogP contribution >= 0.6 is 0 Å². The fourth-order valence-electron chi connectivity index (χ4n) is 2.16. The fraction of sp³-hybridized carbons (Fsp3) is 0.294. The van der Waals surface area contributed by atoms with Gasteiger partial charge in [-0.15, -0.1) is 0 Å². The highest BCUT2D eigenvalue weighted by molar-refractivity contribution is 6.09. The molecule has 0 aliphatic heterocycles. The second kappa shape index (κ2) is 7.43. The van der Waals surface area contributed by atoms with Crippen molar-refractivity contribution in [3.63, 3.8) is 0 Å². The predicted molar refractivity (Wildman–Crippen MR) is 86.8 cm³/mol. The molecular formula is C17H21N3O. The fourth-order valence-corrected chi connectivity index (χ4v) is 2.16. The zero-order valence-corrected chi connectivity index (χ0v) is 12.5. The molecule has 0 bridgehead atoms. The van der Waals surface area contributed by atoms with Gasteiger partial charge in [0.2, 0.25) is 0 Å². The maximum atomic E-state index is 12.8.